The van der Waals surface area contributed by atoms with Gasteiger partial charge < -0.3 is 10.1 Å². The van der Waals surface area contributed by atoms with Crippen LogP contribution in [0.2, 0.25) is 0 Å². The molecule has 1 fully saturated rings. The molecule has 0 aromatic rings. The molecule has 1 rings (SSSR count). The highest BCUT2D eigenvalue weighted by molar-refractivity contribution is 4.83. The van der Waals surface area contributed by atoms with Crippen molar-refractivity contribution in [1.82, 2.24) is 5.32 Å². The van der Waals surface area contributed by atoms with E-state index in [2.05, 4.69) is 12.2 Å². The second kappa shape index (κ2) is 4.07. The Morgan fingerprint density at radius 1 is 1.55 bits per heavy atom. The minimum Gasteiger partial charge on any atom is -0.384 e. The van der Waals surface area contributed by atoms with Crippen LogP contribution < -0.4 is 5.32 Å². The predicted molar refractivity (Wildman–Crippen MR) is 46.7 cm³/mol. The number of ether oxygens (including phenoxy) is 1. The van der Waals surface area contributed by atoms with Crippen LogP contribution >= 0.6 is 0 Å². The van der Waals surface area contributed by atoms with E-state index < -0.39 is 0 Å². The Kier molecular flexibility index (Phi) is 3.34. The van der Waals surface area contributed by atoms with E-state index >= 15 is 0 Å². The van der Waals surface area contributed by atoms with E-state index in [0.717, 1.165) is 13.2 Å². The molecule has 1 aliphatic rings. The van der Waals surface area contributed by atoms with Gasteiger partial charge in [0.25, 0.3) is 0 Å². The van der Waals surface area contributed by atoms with Gasteiger partial charge in [0, 0.05) is 19.1 Å². The number of hydrogen-bond acceptors (Lipinski definition) is 2. The molecular formula is C9H19NO. The molecule has 0 aromatic heterocycles. The summed E-state index contributed by atoms with van der Waals surface area (Å²) in [6.07, 6.45) is 3.86. The van der Waals surface area contributed by atoms with Gasteiger partial charge in [-0.05, 0) is 25.8 Å². The Labute approximate surface area is 69.3 Å². The average molecular weight is 157 g/mol. The lowest BCUT2D eigenvalue weighted by Crippen LogP contribution is -2.42. The van der Waals surface area contributed by atoms with Crippen molar-refractivity contribution in [3.8, 4) is 0 Å². The van der Waals surface area contributed by atoms with Crippen molar-refractivity contribution in [3.63, 3.8) is 0 Å². The van der Waals surface area contributed by atoms with Crippen molar-refractivity contribution in [3.05, 3.63) is 0 Å². The van der Waals surface area contributed by atoms with Crippen molar-refractivity contribution < 1.29 is 4.74 Å². The van der Waals surface area contributed by atoms with Gasteiger partial charge in [-0.3, -0.25) is 0 Å². The number of rotatable bonds is 3. The van der Waals surface area contributed by atoms with Gasteiger partial charge in [-0.1, -0.05) is 6.92 Å². The smallest absolute Gasteiger partial charge is 0.0530 e. The van der Waals surface area contributed by atoms with Crippen molar-refractivity contribution in [2.45, 2.75) is 26.2 Å². The van der Waals surface area contributed by atoms with Crippen molar-refractivity contribution >= 4 is 0 Å². The average Bonchev–Trinajstić information content (AvgIpc) is 2.07. The minimum absolute atomic E-state index is 0.438. The molecule has 1 aliphatic heterocycles. The maximum Gasteiger partial charge on any atom is 0.0530 e. The summed E-state index contributed by atoms with van der Waals surface area (Å²) in [6, 6.07) is 0. The van der Waals surface area contributed by atoms with Crippen LogP contribution in [0, 0.1) is 5.41 Å². The number of hydrogen-bond donors (Lipinski definition) is 1. The Morgan fingerprint density at radius 2 is 2.36 bits per heavy atom. The zero-order valence-corrected chi connectivity index (χ0v) is 7.65. The van der Waals surface area contributed by atoms with Gasteiger partial charge in [0.1, 0.15) is 0 Å². The molecule has 1 atom stereocenters. The maximum absolute atomic E-state index is 5.24. The number of nitrogens with one attached hydrogen (secondary N) is 1. The molecule has 0 spiro atoms. The van der Waals surface area contributed by atoms with Gasteiger partial charge in [-0.25, -0.2) is 0 Å². The van der Waals surface area contributed by atoms with E-state index in [1.165, 1.54) is 25.8 Å². The molecule has 0 aliphatic carbocycles. The minimum atomic E-state index is 0.438. The van der Waals surface area contributed by atoms with Gasteiger partial charge in [-0.15, -0.1) is 0 Å². The first-order valence-electron chi connectivity index (χ1n) is 4.53. The highest BCUT2D eigenvalue weighted by Gasteiger charge is 2.29. The highest BCUT2D eigenvalue weighted by Crippen LogP contribution is 2.29. The summed E-state index contributed by atoms with van der Waals surface area (Å²) in [5.41, 5.74) is 0.438. The van der Waals surface area contributed by atoms with Crippen LogP contribution in [0.15, 0.2) is 0 Å². The van der Waals surface area contributed by atoms with Crippen molar-refractivity contribution in [2.24, 2.45) is 5.41 Å². The second-order valence-electron chi connectivity index (χ2n) is 3.57. The van der Waals surface area contributed by atoms with Crippen LogP contribution in [-0.2, 0) is 4.74 Å². The van der Waals surface area contributed by atoms with Gasteiger partial charge in [0.15, 0.2) is 0 Å². The lowest BCUT2D eigenvalue weighted by Gasteiger charge is -2.36. The fourth-order valence-electron chi connectivity index (χ4n) is 1.86. The zero-order valence-electron chi connectivity index (χ0n) is 7.65. The maximum atomic E-state index is 5.24. The third-order valence-electron chi connectivity index (χ3n) is 2.76. The molecule has 0 saturated carbocycles. The Balaban J connectivity index is 2.42. The molecule has 0 radical (unpaired) electrons. The molecule has 2 heteroatoms. The van der Waals surface area contributed by atoms with Gasteiger partial charge >= 0.3 is 0 Å². The molecule has 0 aromatic carbocycles. The van der Waals surface area contributed by atoms with E-state index in [1.807, 2.05) is 0 Å². The summed E-state index contributed by atoms with van der Waals surface area (Å²) in [5.74, 6) is 0. The number of methoxy groups -OCH3 is 1. The second-order valence-corrected chi connectivity index (χ2v) is 3.57. The number of piperidine rings is 1. The quantitative estimate of drug-likeness (QED) is 0.669. The Morgan fingerprint density at radius 3 is 2.82 bits per heavy atom. The Hall–Kier alpha value is -0.0800. The van der Waals surface area contributed by atoms with E-state index in [1.54, 1.807) is 7.11 Å². The summed E-state index contributed by atoms with van der Waals surface area (Å²) in [5, 5.41) is 3.43. The molecule has 66 valence electrons. The van der Waals surface area contributed by atoms with Crippen LogP contribution in [0.3, 0.4) is 0 Å². The summed E-state index contributed by atoms with van der Waals surface area (Å²) in [7, 11) is 1.80. The third kappa shape index (κ3) is 2.17. The Bertz CT molecular complexity index is 103. The van der Waals surface area contributed by atoms with Crippen LogP contribution in [0.25, 0.3) is 0 Å². The van der Waals surface area contributed by atoms with Gasteiger partial charge in [0.2, 0.25) is 0 Å². The van der Waals surface area contributed by atoms with E-state index in [4.69, 9.17) is 4.74 Å². The van der Waals surface area contributed by atoms with Crippen molar-refractivity contribution in [1.29, 1.82) is 0 Å². The van der Waals surface area contributed by atoms with E-state index in [0.29, 0.717) is 5.41 Å². The standard InChI is InChI=1S/C9H19NO/c1-3-9(8-11-2)5-4-6-10-7-9/h10H,3-8H2,1-2H3. The topological polar surface area (TPSA) is 21.3 Å². The summed E-state index contributed by atoms with van der Waals surface area (Å²) in [6.45, 7) is 5.49. The zero-order chi connectivity index (χ0) is 8.16. The van der Waals surface area contributed by atoms with Crippen molar-refractivity contribution in [2.75, 3.05) is 26.8 Å². The normalized spacial score (nSPS) is 32.2. The molecule has 0 bridgehead atoms. The molecule has 1 unspecified atom stereocenters. The lowest BCUT2D eigenvalue weighted by atomic mass is 9.79. The van der Waals surface area contributed by atoms with Crippen LogP contribution in [0.5, 0.6) is 0 Å². The van der Waals surface area contributed by atoms with E-state index in [9.17, 15) is 0 Å². The fourth-order valence-corrected chi connectivity index (χ4v) is 1.86. The molecule has 1 N–H and O–H groups in total. The van der Waals surface area contributed by atoms with E-state index in [-0.39, 0.29) is 0 Å². The fraction of sp³-hybridized carbons (Fsp3) is 1.00. The highest BCUT2D eigenvalue weighted by atomic mass is 16.5. The third-order valence-corrected chi connectivity index (χ3v) is 2.76. The van der Waals surface area contributed by atoms with Gasteiger partial charge in [0.05, 0.1) is 6.61 Å². The molecule has 1 saturated heterocycles. The van der Waals surface area contributed by atoms with Crippen LogP contribution in [0.1, 0.15) is 26.2 Å². The molecule has 1 heterocycles. The predicted octanol–water partition coefficient (Wildman–Crippen LogP) is 1.41. The summed E-state index contributed by atoms with van der Waals surface area (Å²) in [4.78, 5) is 0. The van der Waals surface area contributed by atoms with Gasteiger partial charge in [-0.2, -0.15) is 0 Å². The molecule has 11 heavy (non-hydrogen) atoms. The van der Waals surface area contributed by atoms with Crippen LogP contribution in [0.4, 0.5) is 0 Å². The van der Waals surface area contributed by atoms with Crippen LogP contribution in [-0.4, -0.2) is 26.8 Å². The first-order chi connectivity index (χ1) is 5.33. The molecule has 0 amide bonds. The molecule has 2 nitrogen and oxygen atoms in total. The lowest BCUT2D eigenvalue weighted by molar-refractivity contribution is 0.0555. The monoisotopic (exact) mass is 157 g/mol. The first kappa shape index (κ1) is 9.01. The summed E-state index contributed by atoms with van der Waals surface area (Å²) >= 11 is 0. The largest absolute Gasteiger partial charge is 0.384 e. The first-order valence-corrected chi connectivity index (χ1v) is 4.53. The molecular weight excluding hydrogens is 138 g/mol. The SMILES string of the molecule is CCC1(COC)CCCNC1. The summed E-state index contributed by atoms with van der Waals surface area (Å²) < 4.78 is 5.24.